The number of aliphatic hydroxyl groups is 1. The average molecular weight is 338 g/mol. The quantitative estimate of drug-likeness (QED) is 0.796. The van der Waals surface area contributed by atoms with E-state index >= 15 is 0 Å². The van der Waals surface area contributed by atoms with Crippen molar-refractivity contribution < 1.29 is 14.4 Å². The second-order valence-electron chi connectivity index (χ2n) is 7.16. The number of aromatic nitrogens is 2. The van der Waals surface area contributed by atoms with E-state index in [1.807, 2.05) is 4.90 Å². The lowest BCUT2D eigenvalue weighted by Crippen LogP contribution is -2.46. The van der Waals surface area contributed by atoms with Gasteiger partial charge in [0.15, 0.2) is 5.82 Å². The largest absolute Gasteiger partial charge is 0.396 e. The molecule has 1 aromatic heterocycles. The summed E-state index contributed by atoms with van der Waals surface area (Å²) in [6.07, 6.45) is 3.63. The van der Waals surface area contributed by atoms with Crippen LogP contribution in [-0.4, -0.2) is 52.4 Å². The molecule has 0 radical (unpaired) electrons. The number of hydrogen-bond acceptors (Lipinski definition) is 5. The Kier molecular flexibility index (Phi) is 7.02. The first-order chi connectivity index (χ1) is 11.5. The van der Waals surface area contributed by atoms with Crippen LogP contribution in [-0.2, 0) is 0 Å². The normalized spacial score (nSPS) is 19.5. The summed E-state index contributed by atoms with van der Waals surface area (Å²) in [5, 5.41) is 16.0. The zero-order chi connectivity index (χ0) is 17.5. The lowest BCUT2D eigenvalue weighted by atomic mass is 9.94. The number of hydrogen-bond donors (Lipinski definition) is 2. The van der Waals surface area contributed by atoms with Crippen molar-refractivity contribution in [3.8, 4) is 0 Å². The number of carbonyl (C=O) groups excluding carboxylic acids is 1. The Morgan fingerprint density at radius 2 is 2.29 bits per heavy atom. The molecule has 0 saturated carbocycles. The number of piperidine rings is 1. The Bertz CT molecular complexity index is 518. The van der Waals surface area contributed by atoms with E-state index in [0.717, 1.165) is 32.2 Å². The minimum absolute atomic E-state index is 0.0392. The fourth-order valence-electron chi connectivity index (χ4n) is 3.34. The first-order valence-corrected chi connectivity index (χ1v) is 8.93. The molecule has 1 aliphatic heterocycles. The van der Waals surface area contributed by atoms with Gasteiger partial charge >= 0.3 is 6.03 Å². The highest BCUT2D eigenvalue weighted by atomic mass is 16.5. The highest BCUT2D eigenvalue weighted by molar-refractivity contribution is 5.74. The highest BCUT2D eigenvalue weighted by Crippen LogP contribution is 2.25. The first kappa shape index (κ1) is 18.7. The van der Waals surface area contributed by atoms with Gasteiger partial charge in [-0.2, -0.15) is 4.98 Å². The molecule has 2 rings (SSSR count). The molecule has 2 N–H and O–H groups in total. The van der Waals surface area contributed by atoms with Gasteiger partial charge in [0.05, 0.1) is 5.92 Å². The van der Waals surface area contributed by atoms with E-state index in [9.17, 15) is 9.90 Å². The third kappa shape index (κ3) is 5.47. The number of urea groups is 1. The second kappa shape index (κ2) is 9.01. The van der Waals surface area contributed by atoms with E-state index in [0.29, 0.717) is 36.6 Å². The van der Waals surface area contributed by atoms with Crippen LogP contribution in [0.25, 0.3) is 0 Å². The fourth-order valence-corrected chi connectivity index (χ4v) is 3.34. The molecule has 2 amide bonds. The van der Waals surface area contributed by atoms with E-state index in [1.54, 1.807) is 6.92 Å². The molecular formula is C17H30N4O3. The molecule has 0 spiro atoms. The van der Waals surface area contributed by atoms with Gasteiger partial charge in [-0.05, 0) is 44.4 Å². The van der Waals surface area contributed by atoms with E-state index in [-0.39, 0.29) is 18.6 Å². The summed E-state index contributed by atoms with van der Waals surface area (Å²) in [5.41, 5.74) is 0. The van der Waals surface area contributed by atoms with Gasteiger partial charge in [0.1, 0.15) is 0 Å². The van der Waals surface area contributed by atoms with Gasteiger partial charge in [0.25, 0.3) is 0 Å². The molecule has 7 heteroatoms. The van der Waals surface area contributed by atoms with Crippen molar-refractivity contribution in [1.82, 2.24) is 20.4 Å². The van der Waals surface area contributed by atoms with E-state index in [4.69, 9.17) is 4.52 Å². The van der Waals surface area contributed by atoms with Crippen LogP contribution in [0.2, 0.25) is 0 Å². The Hall–Kier alpha value is -1.63. The summed E-state index contributed by atoms with van der Waals surface area (Å²) in [5.74, 6) is 2.25. The molecule has 0 aromatic carbocycles. The van der Waals surface area contributed by atoms with Crippen molar-refractivity contribution >= 4 is 6.03 Å². The molecule has 1 fully saturated rings. The number of rotatable bonds is 7. The minimum Gasteiger partial charge on any atom is -0.396 e. The van der Waals surface area contributed by atoms with Gasteiger partial charge in [-0.3, -0.25) is 0 Å². The maximum atomic E-state index is 12.5. The predicted molar refractivity (Wildman–Crippen MR) is 90.6 cm³/mol. The minimum atomic E-state index is -0.0392. The van der Waals surface area contributed by atoms with Crippen LogP contribution in [0.5, 0.6) is 0 Å². The molecule has 7 nitrogen and oxygen atoms in total. The van der Waals surface area contributed by atoms with Crippen LogP contribution < -0.4 is 5.32 Å². The molecule has 1 saturated heterocycles. The van der Waals surface area contributed by atoms with E-state index in [2.05, 4.69) is 29.3 Å². The number of carbonyl (C=O) groups is 1. The maximum absolute atomic E-state index is 12.5. The number of aryl methyl sites for hydroxylation is 1. The summed E-state index contributed by atoms with van der Waals surface area (Å²) in [6, 6.07) is -0.0392. The summed E-state index contributed by atoms with van der Waals surface area (Å²) >= 11 is 0. The number of nitrogens with one attached hydrogen (secondary N) is 1. The lowest BCUT2D eigenvalue weighted by Gasteiger charge is -2.31. The SMILES string of the molecule is Cc1noc(C2CCCN(C(=O)NCC(CCO)CC(C)C)C2)n1. The molecule has 24 heavy (non-hydrogen) atoms. The van der Waals surface area contributed by atoms with Crippen LogP contribution in [0.4, 0.5) is 4.79 Å². The maximum Gasteiger partial charge on any atom is 0.317 e. The van der Waals surface area contributed by atoms with Crippen LogP contribution >= 0.6 is 0 Å². The Morgan fingerprint density at radius 3 is 2.92 bits per heavy atom. The zero-order valence-electron chi connectivity index (χ0n) is 15.0. The van der Waals surface area contributed by atoms with E-state index in [1.165, 1.54) is 0 Å². The summed E-state index contributed by atoms with van der Waals surface area (Å²) in [6.45, 7) is 8.26. The zero-order valence-corrected chi connectivity index (χ0v) is 15.0. The lowest BCUT2D eigenvalue weighted by molar-refractivity contribution is 0.168. The van der Waals surface area contributed by atoms with Gasteiger partial charge < -0.3 is 19.8 Å². The van der Waals surface area contributed by atoms with Crippen LogP contribution in [0, 0.1) is 18.8 Å². The molecule has 2 unspecified atom stereocenters. The van der Waals surface area contributed by atoms with Gasteiger partial charge in [0.2, 0.25) is 5.89 Å². The molecule has 0 aliphatic carbocycles. The molecule has 0 bridgehead atoms. The van der Waals surface area contributed by atoms with Gasteiger partial charge in [-0.15, -0.1) is 0 Å². The Balaban J connectivity index is 1.84. The van der Waals surface area contributed by atoms with E-state index < -0.39 is 0 Å². The van der Waals surface area contributed by atoms with Crippen molar-refractivity contribution in [3.05, 3.63) is 11.7 Å². The summed E-state index contributed by atoms with van der Waals surface area (Å²) in [7, 11) is 0. The molecule has 2 atom stereocenters. The smallest absolute Gasteiger partial charge is 0.317 e. The average Bonchev–Trinajstić information content (AvgIpc) is 2.99. The summed E-state index contributed by atoms with van der Waals surface area (Å²) < 4.78 is 5.26. The van der Waals surface area contributed by atoms with Crippen molar-refractivity contribution in [2.24, 2.45) is 11.8 Å². The monoisotopic (exact) mass is 338 g/mol. The number of amides is 2. The van der Waals surface area contributed by atoms with Gasteiger partial charge in [-0.25, -0.2) is 4.79 Å². The predicted octanol–water partition coefficient (Wildman–Crippen LogP) is 2.31. The van der Waals surface area contributed by atoms with Crippen LogP contribution in [0.15, 0.2) is 4.52 Å². The molecule has 2 heterocycles. The molecule has 136 valence electrons. The second-order valence-corrected chi connectivity index (χ2v) is 7.16. The Morgan fingerprint density at radius 1 is 1.50 bits per heavy atom. The molecular weight excluding hydrogens is 308 g/mol. The van der Waals surface area contributed by atoms with Gasteiger partial charge in [0, 0.05) is 26.2 Å². The third-order valence-electron chi connectivity index (χ3n) is 4.49. The topological polar surface area (TPSA) is 91.5 Å². The third-order valence-corrected chi connectivity index (χ3v) is 4.49. The first-order valence-electron chi connectivity index (χ1n) is 8.93. The highest BCUT2D eigenvalue weighted by Gasteiger charge is 2.28. The number of likely N-dealkylation sites (tertiary alicyclic amines) is 1. The van der Waals surface area contributed by atoms with Crippen LogP contribution in [0.1, 0.15) is 57.2 Å². The number of aliphatic hydroxyl groups excluding tert-OH is 1. The van der Waals surface area contributed by atoms with Gasteiger partial charge in [-0.1, -0.05) is 19.0 Å². The Labute approximate surface area is 143 Å². The van der Waals surface area contributed by atoms with Crippen molar-refractivity contribution in [1.29, 1.82) is 0 Å². The van der Waals surface area contributed by atoms with Crippen LogP contribution in [0.3, 0.4) is 0 Å². The molecule has 1 aromatic rings. The summed E-state index contributed by atoms with van der Waals surface area (Å²) in [4.78, 5) is 18.6. The fraction of sp³-hybridized carbons (Fsp3) is 0.824. The standard InChI is InChI=1S/C17H30N4O3/c1-12(2)9-14(6-8-22)10-18-17(23)21-7-4-5-15(11-21)16-19-13(3)20-24-16/h12,14-15,22H,4-11H2,1-3H3,(H,18,23). The number of nitrogens with zero attached hydrogens (tertiary/aromatic N) is 3. The van der Waals surface area contributed by atoms with Crippen molar-refractivity contribution in [2.45, 2.75) is 52.4 Å². The van der Waals surface area contributed by atoms with Crippen molar-refractivity contribution in [3.63, 3.8) is 0 Å². The molecule has 1 aliphatic rings. The van der Waals surface area contributed by atoms with Crippen molar-refractivity contribution in [2.75, 3.05) is 26.2 Å².